The first kappa shape index (κ1) is 18.4. The Morgan fingerprint density at radius 1 is 0.800 bits per heavy atom. The van der Waals surface area contributed by atoms with Gasteiger partial charge < -0.3 is 4.74 Å². The second-order valence-electron chi connectivity index (χ2n) is 7.25. The zero-order valence-corrected chi connectivity index (χ0v) is 16.3. The molecular weight excluding hydrogens is 380 g/mol. The number of ether oxygens (including phenoxy) is 1. The number of hydrogen-bond donors (Lipinski definition) is 0. The predicted molar refractivity (Wildman–Crippen MR) is 112 cm³/mol. The highest BCUT2D eigenvalue weighted by Crippen LogP contribution is 2.48. The molecule has 30 heavy (non-hydrogen) atoms. The second-order valence-corrected chi connectivity index (χ2v) is 7.25. The number of hydrogen-bond acceptors (Lipinski definition) is 5. The van der Waals surface area contributed by atoms with E-state index in [1.54, 1.807) is 29.3 Å². The van der Waals surface area contributed by atoms with E-state index in [-0.39, 0.29) is 11.8 Å². The van der Waals surface area contributed by atoms with Crippen molar-refractivity contribution in [3.8, 4) is 5.75 Å². The summed E-state index contributed by atoms with van der Waals surface area (Å²) in [5.74, 6) is -0.865. The molecule has 0 aliphatic carbocycles. The number of anilines is 2. The van der Waals surface area contributed by atoms with E-state index in [1.807, 2.05) is 60.7 Å². The van der Waals surface area contributed by atoms with Crippen LogP contribution < -0.4 is 14.7 Å². The lowest BCUT2D eigenvalue weighted by molar-refractivity contribution is -0.126. The molecule has 5 rings (SSSR count). The molecule has 2 fully saturated rings. The number of methoxy groups -OCH3 is 1. The van der Waals surface area contributed by atoms with E-state index in [1.165, 1.54) is 12.0 Å². The quantitative estimate of drug-likeness (QED) is 0.625. The molecular formula is C24H20N2O4. The largest absolute Gasteiger partial charge is 0.495 e. The summed E-state index contributed by atoms with van der Waals surface area (Å²) in [6.07, 6.45) is -0.896. The van der Waals surface area contributed by atoms with E-state index in [4.69, 9.17) is 9.57 Å². The van der Waals surface area contributed by atoms with Gasteiger partial charge in [-0.05, 0) is 29.8 Å². The molecule has 3 aromatic rings. The summed E-state index contributed by atoms with van der Waals surface area (Å²) in [5.41, 5.74) is 2.15. The van der Waals surface area contributed by atoms with Crippen LogP contribution in [-0.4, -0.2) is 25.0 Å². The molecule has 0 unspecified atom stereocenters. The number of imide groups is 1. The summed E-state index contributed by atoms with van der Waals surface area (Å²) < 4.78 is 5.38. The van der Waals surface area contributed by atoms with Crippen molar-refractivity contribution in [1.82, 2.24) is 0 Å². The van der Waals surface area contributed by atoms with Crippen molar-refractivity contribution in [2.45, 2.75) is 12.1 Å². The Morgan fingerprint density at radius 3 is 2.13 bits per heavy atom. The van der Waals surface area contributed by atoms with Crippen LogP contribution in [0, 0.1) is 5.92 Å². The molecule has 3 atom stereocenters. The molecule has 2 heterocycles. The molecule has 6 nitrogen and oxygen atoms in total. The van der Waals surface area contributed by atoms with Gasteiger partial charge in [0.25, 0.3) is 5.91 Å². The number of rotatable bonds is 4. The summed E-state index contributed by atoms with van der Waals surface area (Å²) >= 11 is 0. The molecule has 150 valence electrons. The molecule has 2 amide bonds. The van der Waals surface area contributed by atoms with Crippen LogP contribution in [-0.2, 0) is 14.4 Å². The van der Waals surface area contributed by atoms with Crippen molar-refractivity contribution in [2.75, 3.05) is 17.1 Å². The van der Waals surface area contributed by atoms with Crippen molar-refractivity contribution >= 4 is 23.2 Å². The summed E-state index contributed by atoms with van der Waals surface area (Å²) in [7, 11) is 1.52. The summed E-state index contributed by atoms with van der Waals surface area (Å²) in [6.45, 7) is 0. The molecule has 0 saturated carbocycles. The van der Waals surface area contributed by atoms with Crippen LogP contribution in [0.4, 0.5) is 11.4 Å². The lowest BCUT2D eigenvalue weighted by Crippen LogP contribution is -2.37. The monoisotopic (exact) mass is 400 g/mol. The van der Waals surface area contributed by atoms with Gasteiger partial charge in [-0.25, -0.2) is 9.96 Å². The number of carbonyl (C=O) groups excluding carboxylic acids is 2. The number of fused-ring (bicyclic) bond motifs is 1. The van der Waals surface area contributed by atoms with Gasteiger partial charge in [0.15, 0.2) is 6.10 Å². The van der Waals surface area contributed by atoms with Crippen LogP contribution in [0.5, 0.6) is 5.75 Å². The van der Waals surface area contributed by atoms with Gasteiger partial charge >= 0.3 is 0 Å². The second kappa shape index (κ2) is 7.31. The average molecular weight is 400 g/mol. The third kappa shape index (κ3) is 2.76. The maximum atomic E-state index is 13.6. The topological polar surface area (TPSA) is 59.1 Å². The first-order chi connectivity index (χ1) is 14.7. The van der Waals surface area contributed by atoms with Crippen LogP contribution in [0.15, 0.2) is 84.9 Å². The highest BCUT2D eigenvalue weighted by atomic mass is 16.7. The lowest BCUT2D eigenvalue weighted by Gasteiger charge is -2.29. The lowest BCUT2D eigenvalue weighted by atomic mass is 9.90. The van der Waals surface area contributed by atoms with Crippen LogP contribution in [0.1, 0.15) is 11.6 Å². The van der Waals surface area contributed by atoms with E-state index in [2.05, 4.69) is 0 Å². The van der Waals surface area contributed by atoms with Gasteiger partial charge in [-0.15, -0.1) is 0 Å². The maximum Gasteiger partial charge on any atom is 0.266 e. The Bertz CT molecular complexity index is 1090. The minimum atomic E-state index is -0.896. The van der Waals surface area contributed by atoms with Crippen LogP contribution in [0.3, 0.4) is 0 Å². The Balaban J connectivity index is 1.59. The van der Waals surface area contributed by atoms with Gasteiger partial charge in [-0.2, -0.15) is 0 Å². The smallest absolute Gasteiger partial charge is 0.266 e. The highest BCUT2D eigenvalue weighted by Gasteiger charge is 2.60. The molecule has 2 aliphatic heterocycles. The molecule has 2 aliphatic rings. The first-order valence-electron chi connectivity index (χ1n) is 9.77. The fourth-order valence-corrected chi connectivity index (χ4v) is 4.25. The van der Waals surface area contributed by atoms with Crippen LogP contribution >= 0.6 is 0 Å². The van der Waals surface area contributed by atoms with E-state index >= 15 is 0 Å². The van der Waals surface area contributed by atoms with Crippen molar-refractivity contribution < 1.29 is 19.2 Å². The fraction of sp³-hybridized carbons (Fsp3) is 0.167. The molecule has 0 bridgehead atoms. The fourth-order valence-electron chi connectivity index (χ4n) is 4.25. The van der Waals surface area contributed by atoms with E-state index in [0.29, 0.717) is 11.4 Å². The molecule has 0 spiro atoms. The summed E-state index contributed by atoms with van der Waals surface area (Å²) in [5, 5.41) is 1.69. The zero-order chi connectivity index (χ0) is 20.7. The van der Waals surface area contributed by atoms with E-state index in [9.17, 15) is 9.59 Å². The minimum absolute atomic E-state index is 0.290. The normalized spacial score (nSPS) is 23.0. The number of hydroxylamine groups is 1. The van der Waals surface area contributed by atoms with Gasteiger partial charge in [0, 0.05) is 0 Å². The standard InChI is InChI=1S/C24H20N2O4/c1-29-19-15-9-8-14-18(19)25-23(27)20-21(16-10-4-2-5-11-16)26(30-22(20)24(25)28)17-12-6-3-7-13-17/h2-15,20-22H,1H3/t20-,21+,22+/m0/s1. The summed E-state index contributed by atoms with van der Waals surface area (Å²) in [4.78, 5) is 34.2. The molecule has 0 N–H and O–H groups in total. The van der Waals surface area contributed by atoms with Gasteiger partial charge in [0.2, 0.25) is 5.91 Å². The number of carbonyl (C=O) groups is 2. The van der Waals surface area contributed by atoms with Crippen molar-refractivity contribution in [2.24, 2.45) is 5.92 Å². The van der Waals surface area contributed by atoms with Gasteiger partial charge in [-0.3, -0.25) is 14.4 Å². The van der Waals surface area contributed by atoms with Crippen molar-refractivity contribution in [3.05, 3.63) is 90.5 Å². The van der Waals surface area contributed by atoms with Gasteiger partial charge in [-0.1, -0.05) is 60.7 Å². The van der Waals surface area contributed by atoms with Crippen molar-refractivity contribution in [3.63, 3.8) is 0 Å². The van der Waals surface area contributed by atoms with E-state index in [0.717, 1.165) is 11.3 Å². The maximum absolute atomic E-state index is 13.6. The zero-order valence-electron chi connectivity index (χ0n) is 16.3. The van der Waals surface area contributed by atoms with Gasteiger partial charge in [0.1, 0.15) is 11.7 Å². The Kier molecular flexibility index (Phi) is 4.48. The summed E-state index contributed by atoms with van der Waals surface area (Å²) in [6, 6.07) is 25.8. The third-order valence-electron chi connectivity index (χ3n) is 5.59. The van der Waals surface area contributed by atoms with Gasteiger partial charge in [0.05, 0.1) is 24.5 Å². The molecule has 2 saturated heterocycles. The predicted octanol–water partition coefficient (Wildman–Crippen LogP) is 3.75. The Hall–Kier alpha value is -3.64. The van der Waals surface area contributed by atoms with Crippen molar-refractivity contribution in [1.29, 1.82) is 0 Å². The van der Waals surface area contributed by atoms with E-state index < -0.39 is 18.1 Å². The Morgan fingerprint density at radius 2 is 1.43 bits per heavy atom. The average Bonchev–Trinajstić information content (AvgIpc) is 3.31. The van der Waals surface area contributed by atoms with Crippen LogP contribution in [0.2, 0.25) is 0 Å². The Labute approximate surface area is 174 Å². The number of para-hydroxylation sites is 3. The third-order valence-corrected chi connectivity index (χ3v) is 5.59. The molecule has 0 aromatic heterocycles. The SMILES string of the molecule is COc1ccccc1N1C(=O)[C@H]2[C@@H](c3ccccc3)N(c3ccccc3)O[C@H]2C1=O. The highest BCUT2D eigenvalue weighted by molar-refractivity contribution is 6.24. The number of benzene rings is 3. The first-order valence-corrected chi connectivity index (χ1v) is 9.77. The number of amides is 2. The number of nitrogens with zero attached hydrogens (tertiary/aromatic N) is 2. The molecule has 3 aromatic carbocycles. The van der Waals surface area contributed by atoms with Crippen LogP contribution in [0.25, 0.3) is 0 Å². The molecule has 6 heteroatoms. The molecule has 0 radical (unpaired) electrons. The minimum Gasteiger partial charge on any atom is -0.495 e.